The maximum absolute atomic E-state index is 2.40. The number of nitrogens with zero attached hydrogens (tertiary/aromatic N) is 2. The van der Waals surface area contributed by atoms with Gasteiger partial charge in [-0.15, -0.1) is 0 Å². The molecule has 0 atom stereocenters. The summed E-state index contributed by atoms with van der Waals surface area (Å²) < 4.78 is 4.75. The van der Waals surface area contributed by atoms with E-state index in [-0.39, 0.29) is 0 Å². The molecule has 3 aromatic rings. The van der Waals surface area contributed by atoms with Crippen molar-refractivity contribution in [2.75, 3.05) is 0 Å². The van der Waals surface area contributed by atoms with Crippen LogP contribution in [0, 0.1) is 13.8 Å². The lowest BCUT2D eigenvalue weighted by molar-refractivity contribution is 0.560. The summed E-state index contributed by atoms with van der Waals surface area (Å²) in [6.45, 7) is 6.50. The number of aryl methyl sites for hydroxylation is 3. The Bertz CT molecular complexity index is 772. The van der Waals surface area contributed by atoms with E-state index in [1.165, 1.54) is 33.6 Å². The van der Waals surface area contributed by atoms with Crippen LogP contribution >= 0.6 is 0 Å². The Morgan fingerprint density at radius 2 is 1.65 bits per heavy atom. The summed E-state index contributed by atoms with van der Waals surface area (Å²) in [6, 6.07) is 13.2. The maximum Gasteiger partial charge on any atom is 0.0684 e. The highest BCUT2D eigenvalue weighted by atomic mass is 15.1. The summed E-state index contributed by atoms with van der Waals surface area (Å²) in [5.41, 5.74) is 8.07. The van der Waals surface area contributed by atoms with Crippen molar-refractivity contribution in [3.63, 3.8) is 0 Å². The molecule has 1 aromatic carbocycles. The fraction of sp³-hybridized carbons (Fsp3) is 0.222. The second-order valence-corrected chi connectivity index (χ2v) is 5.66. The van der Waals surface area contributed by atoms with Gasteiger partial charge in [0.1, 0.15) is 0 Å². The molecule has 3 heterocycles. The molecule has 4 rings (SSSR count). The topological polar surface area (TPSA) is 9.86 Å². The molecule has 0 bridgehead atoms. The average molecular weight is 262 g/mol. The van der Waals surface area contributed by atoms with Crippen LogP contribution < -0.4 is 0 Å². The Morgan fingerprint density at radius 3 is 2.45 bits per heavy atom. The summed E-state index contributed by atoms with van der Waals surface area (Å²) in [6.07, 6.45) is 4.49. The third-order valence-electron chi connectivity index (χ3n) is 4.35. The predicted octanol–water partition coefficient (Wildman–Crippen LogP) is 4.25. The van der Waals surface area contributed by atoms with Gasteiger partial charge in [-0.1, -0.05) is 29.8 Å². The highest BCUT2D eigenvalue weighted by Gasteiger charge is 2.20. The van der Waals surface area contributed by atoms with E-state index >= 15 is 0 Å². The molecule has 100 valence electrons. The minimum atomic E-state index is 1.06. The van der Waals surface area contributed by atoms with Gasteiger partial charge in [0.25, 0.3) is 0 Å². The Kier molecular flexibility index (Phi) is 2.40. The molecule has 0 N–H and O–H groups in total. The molecule has 0 radical (unpaired) electrons. The Hall–Kier alpha value is -2.22. The molecule has 0 amide bonds. The highest BCUT2D eigenvalue weighted by molar-refractivity contribution is 5.77. The van der Waals surface area contributed by atoms with Gasteiger partial charge in [-0.25, -0.2) is 0 Å². The van der Waals surface area contributed by atoms with Gasteiger partial charge < -0.3 is 9.13 Å². The van der Waals surface area contributed by atoms with Crippen LogP contribution in [0.25, 0.3) is 22.5 Å². The van der Waals surface area contributed by atoms with E-state index in [2.05, 4.69) is 71.8 Å². The van der Waals surface area contributed by atoms with Crippen LogP contribution in [0.1, 0.15) is 11.1 Å². The molecule has 2 nitrogen and oxygen atoms in total. The first-order chi connectivity index (χ1) is 9.74. The molecule has 2 aromatic heterocycles. The second-order valence-electron chi connectivity index (χ2n) is 5.66. The number of aromatic nitrogens is 2. The van der Waals surface area contributed by atoms with Crippen LogP contribution in [-0.2, 0) is 13.1 Å². The molecule has 1 aliphatic rings. The van der Waals surface area contributed by atoms with Crippen molar-refractivity contribution >= 4 is 0 Å². The zero-order chi connectivity index (χ0) is 13.7. The third-order valence-corrected chi connectivity index (χ3v) is 4.35. The summed E-state index contributed by atoms with van der Waals surface area (Å²) >= 11 is 0. The molecule has 0 spiro atoms. The summed E-state index contributed by atoms with van der Waals surface area (Å²) in [7, 11) is 0. The number of hydrogen-bond acceptors (Lipinski definition) is 0. The summed E-state index contributed by atoms with van der Waals surface area (Å²) in [5.74, 6) is 0. The summed E-state index contributed by atoms with van der Waals surface area (Å²) in [5, 5.41) is 0. The average Bonchev–Trinajstić information content (AvgIpc) is 3.04. The van der Waals surface area contributed by atoms with Crippen molar-refractivity contribution < 1.29 is 0 Å². The lowest BCUT2D eigenvalue weighted by atomic mass is 10.0. The number of benzene rings is 1. The van der Waals surface area contributed by atoms with Gasteiger partial charge in [0.05, 0.1) is 11.4 Å². The Morgan fingerprint density at radius 1 is 0.900 bits per heavy atom. The van der Waals surface area contributed by atoms with Crippen LogP contribution in [0.2, 0.25) is 0 Å². The van der Waals surface area contributed by atoms with Crippen molar-refractivity contribution in [3.8, 4) is 22.5 Å². The van der Waals surface area contributed by atoms with Gasteiger partial charge in [0.15, 0.2) is 0 Å². The van der Waals surface area contributed by atoms with Crippen LogP contribution in [0.4, 0.5) is 0 Å². The molecule has 0 fully saturated rings. The van der Waals surface area contributed by atoms with Crippen molar-refractivity contribution in [2.24, 2.45) is 0 Å². The van der Waals surface area contributed by atoms with Gasteiger partial charge >= 0.3 is 0 Å². The van der Waals surface area contributed by atoms with Crippen LogP contribution in [0.5, 0.6) is 0 Å². The quantitative estimate of drug-likeness (QED) is 0.620. The van der Waals surface area contributed by atoms with Gasteiger partial charge in [0.2, 0.25) is 0 Å². The normalized spacial score (nSPS) is 13.1. The Balaban J connectivity index is 1.91. The fourth-order valence-corrected chi connectivity index (χ4v) is 3.24. The van der Waals surface area contributed by atoms with E-state index in [0.29, 0.717) is 0 Å². The SMILES string of the molecule is Cc1ccc(-c2cn3c(c2C)-c2cccn2CC3)cc1. The zero-order valence-electron chi connectivity index (χ0n) is 11.9. The lowest BCUT2D eigenvalue weighted by Crippen LogP contribution is -2.14. The van der Waals surface area contributed by atoms with E-state index < -0.39 is 0 Å². The van der Waals surface area contributed by atoms with Crippen molar-refractivity contribution in [1.29, 1.82) is 0 Å². The van der Waals surface area contributed by atoms with Crippen LogP contribution in [-0.4, -0.2) is 9.13 Å². The smallest absolute Gasteiger partial charge is 0.0684 e. The predicted molar refractivity (Wildman–Crippen MR) is 82.8 cm³/mol. The third kappa shape index (κ3) is 1.58. The standard InChI is InChI=1S/C18H18N2/c1-13-5-7-15(8-6-13)16-12-20-11-10-19-9-3-4-17(19)18(20)14(16)2/h3-9,12H,10-11H2,1-2H3. The second kappa shape index (κ2) is 4.14. The lowest BCUT2D eigenvalue weighted by Gasteiger charge is -2.19. The minimum absolute atomic E-state index is 1.06. The minimum Gasteiger partial charge on any atom is -0.344 e. The monoisotopic (exact) mass is 262 g/mol. The molecular formula is C18H18N2. The first-order valence-electron chi connectivity index (χ1n) is 7.16. The fourth-order valence-electron chi connectivity index (χ4n) is 3.24. The van der Waals surface area contributed by atoms with E-state index in [0.717, 1.165) is 13.1 Å². The van der Waals surface area contributed by atoms with E-state index in [1.807, 2.05) is 0 Å². The van der Waals surface area contributed by atoms with E-state index in [4.69, 9.17) is 0 Å². The molecule has 0 unspecified atom stereocenters. The van der Waals surface area contributed by atoms with Gasteiger partial charge in [-0.2, -0.15) is 0 Å². The first kappa shape index (κ1) is 11.6. The van der Waals surface area contributed by atoms with Crippen molar-refractivity contribution in [3.05, 3.63) is 59.9 Å². The highest BCUT2D eigenvalue weighted by Crippen LogP contribution is 2.36. The molecule has 0 saturated carbocycles. The summed E-state index contributed by atoms with van der Waals surface area (Å²) in [4.78, 5) is 0. The van der Waals surface area contributed by atoms with Gasteiger partial charge in [-0.3, -0.25) is 0 Å². The number of hydrogen-bond donors (Lipinski definition) is 0. The van der Waals surface area contributed by atoms with Gasteiger partial charge in [-0.05, 0) is 37.1 Å². The van der Waals surface area contributed by atoms with Crippen molar-refractivity contribution in [1.82, 2.24) is 9.13 Å². The van der Waals surface area contributed by atoms with Crippen LogP contribution in [0.15, 0.2) is 48.8 Å². The molecule has 0 aliphatic carbocycles. The molecule has 1 aliphatic heterocycles. The largest absolute Gasteiger partial charge is 0.344 e. The van der Waals surface area contributed by atoms with Gasteiger partial charge in [0, 0.05) is 31.0 Å². The zero-order valence-corrected chi connectivity index (χ0v) is 11.9. The Labute approximate surface area is 119 Å². The number of rotatable bonds is 1. The van der Waals surface area contributed by atoms with E-state index in [1.54, 1.807) is 0 Å². The maximum atomic E-state index is 2.40. The number of fused-ring (bicyclic) bond motifs is 3. The van der Waals surface area contributed by atoms with E-state index in [9.17, 15) is 0 Å². The molecule has 0 saturated heterocycles. The van der Waals surface area contributed by atoms with Crippen molar-refractivity contribution in [2.45, 2.75) is 26.9 Å². The molecule has 2 heteroatoms. The molecule has 20 heavy (non-hydrogen) atoms. The first-order valence-corrected chi connectivity index (χ1v) is 7.16. The molecular weight excluding hydrogens is 244 g/mol. The van der Waals surface area contributed by atoms with Crippen LogP contribution in [0.3, 0.4) is 0 Å².